The van der Waals surface area contributed by atoms with E-state index < -0.39 is 0 Å². The highest BCUT2D eigenvalue weighted by Crippen LogP contribution is 2.26. The first-order chi connectivity index (χ1) is 6.70. The molecule has 2 N–H and O–H groups in total. The van der Waals surface area contributed by atoms with E-state index in [-0.39, 0.29) is 12.1 Å². The fraction of sp³-hybridized carbons (Fsp3) is 1.00. The smallest absolute Gasteiger partial charge is 0.0621 e. The molecule has 0 aliphatic carbocycles. The highest BCUT2D eigenvalue weighted by atomic mass is 16.5. The van der Waals surface area contributed by atoms with Crippen molar-refractivity contribution in [2.75, 3.05) is 6.61 Å². The van der Waals surface area contributed by atoms with Crippen LogP contribution in [0.15, 0.2) is 0 Å². The Hall–Kier alpha value is -0.0800. The minimum atomic E-state index is 0.185. The molecule has 15 heavy (non-hydrogen) atoms. The zero-order valence-electron chi connectivity index (χ0n) is 11.3. The third kappa shape index (κ3) is 10.2. The summed E-state index contributed by atoms with van der Waals surface area (Å²) < 4.78 is 5.51. The van der Waals surface area contributed by atoms with Crippen LogP contribution < -0.4 is 5.73 Å². The molecular weight excluding hydrogens is 186 g/mol. The summed E-state index contributed by atoms with van der Waals surface area (Å²) in [7, 11) is 0. The molecule has 0 rings (SSSR count). The first kappa shape index (κ1) is 14.9. The van der Waals surface area contributed by atoms with E-state index in [1.807, 2.05) is 13.8 Å². The summed E-state index contributed by atoms with van der Waals surface area (Å²) >= 11 is 0. The van der Waals surface area contributed by atoms with Gasteiger partial charge in [-0.05, 0) is 38.0 Å². The minimum absolute atomic E-state index is 0.185. The molecule has 0 bridgehead atoms. The van der Waals surface area contributed by atoms with Gasteiger partial charge in [-0.2, -0.15) is 0 Å². The van der Waals surface area contributed by atoms with Gasteiger partial charge in [-0.15, -0.1) is 0 Å². The van der Waals surface area contributed by atoms with E-state index in [2.05, 4.69) is 27.7 Å². The van der Waals surface area contributed by atoms with Crippen molar-refractivity contribution in [1.82, 2.24) is 0 Å². The van der Waals surface area contributed by atoms with Crippen LogP contribution >= 0.6 is 0 Å². The van der Waals surface area contributed by atoms with Gasteiger partial charge in [0.15, 0.2) is 0 Å². The maximum Gasteiger partial charge on any atom is 0.0621 e. The molecular formula is C13H29NO. The molecule has 0 heterocycles. The lowest BCUT2D eigenvalue weighted by molar-refractivity contribution is 0.0629. The average molecular weight is 215 g/mol. The predicted octanol–water partition coefficient (Wildman–Crippen LogP) is 3.20. The van der Waals surface area contributed by atoms with Gasteiger partial charge in [0.1, 0.15) is 0 Å². The van der Waals surface area contributed by atoms with Crippen molar-refractivity contribution in [2.24, 2.45) is 17.1 Å². The van der Waals surface area contributed by atoms with Gasteiger partial charge in [-0.1, -0.05) is 27.7 Å². The molecule has 0 aromatic rings. The Morgan fingerprint density at radius 1 is 1.13 bits per heavy atom. The molecule has 2 atom stereocenters. The van der Waals surface area contributed by atoms with Crippen LogP contribution in [-0.2, 0) is 4.74 Å². The predicted molar refractivity (Wildman–Crippen MR) is 66.9 cm³/mol. The van der Waals surface area contributed by atoms with Gasteiger partial charge < -0.3 is 10.5 Å². The zero-order valence-corrected chi connectivity index (χ0v) is 11.3. The van der Waals surface area contributed by atoms with Gasteiger partial charge in [0.25, 0.3) is 0 Å². The van der Waals surface area contributed by atoms with Gasteiger partial charge in [0.2, 0.25) is 0 Å². The van der Waals surface area contributed by atoms with Crippen molar-refractivity contribution >= 4 is 0 Å². The number of hydrogen-bond acceptors (Lipinski definition) is 2. The molecule has 0 amide bonds. The second-order valence-electron chi connectivity index (χ2n) is 6.25. The van der Waals surface area contributed by atoms with Gasteiger partial charge in [0.05, 0.1) is 12.7 Å². The Kier molecular flexibility index (Phi) is 6.46. The monoisotopic (exact) mass is 215 g/mol. The van der Waals surface area contributed by atoms with Crippen molar-refractivity contribution in [1.29, 1.82) is 0 Å². The van der Waals surface area contributed by atoms with E-state index in [0.29, 0.717) is 17.9 Å². The van der Waals surface area contributed by atoms with Crippen LogP contribution in [0.25, 0.3) is 0 Å². The fourth-order valence-electron chi connectivity index (χ4n) is 2.03. The zero-order chi connectivity index (χ0) is 12.1. The normalized spacial score (nSPS) is 16.8. The third-order valence-corrected chi connectivity index (χ3v) is 2.31. The number of hydrogen-bond donors (Lipinski definition) is 1. The van der Waals surface area contributed by atoms with E-state index in [9.17, 15) is 0 Å². The van der Waals surface area contributed by atoms with Crippen LogP contribution in [0, 0.1) is 11.3 Å². The number of rotatable bonds is 6. The van der Waals surface area contributed by atoms with E-state index in [0.717, 1.165) is 6.42 Å². The van der Waals surface area contributed by atoms with E-state index in [4.69, 9.17) is 10.5 Å². The topological polar surface area (TPSA) is 35.2 Å². The lowest BCUT2D eigenvalue weighted by Gasteiger charge is -2.25. The summed E-state index contributed by atoms with van der Waals surface area (Å²) in [4.78, 5) is 0. The van der Waals surface area contributed by atoms with Gasteiger partial charge in [-0.3, -0.25) is 0 Å². The Morgan fingerprint density at radius 3 is 2.07 bits per heavy atom. The van der Waals surface area contributed by atoms with Crippen LogP contribution in [0.4, 0.5) is 0 Å². The second-order valence-corrected chi connectivity index (χ2v) is 6.25. The maximum atomic E-state index is 6.02. The first-order valence-corrected chi connectivity index (χ1v) is 6.08. The molecule has 0 saturated carbocycles. The summed E-state index contributed by atoms with van der Waals surface area (Å²) in [6.07, 6.45) is 2.57. The second kappa shape index (κ2) is 6.49. The van der Waals surface area contributed by atoms with E-state index >= 15 is 0 Å². The van der Waals surface area contributed by atoms with Gasteiger partial charge >= 0.3 is 0 Å². The van der Waals surface area contributed by atoms with Crippen molar-refractivity contribution in [3.63, 3.8) is 0 Å². The summed E-state index contributed by atoms with van der Waals surface area (Å²) in [5, 5.41) is 0. The molecule has 92 valence electrons. The lowest BCUT2D eigenvalue weighted by Crippen LogP contribution is -2.30. The molecule has 0 aliphatic heterocycles. The van der Waals surface area contributed by atoms with Crippen molar-refractivity contribution in [3.8, 4) is 0 Å². The Morgan fingerprint density at radius 2 is 1.67 bits per heavy atom. The summed E-state index contributed by atoms with van der Waals surface area (Å²) in [5.41, 5.74) is 6.42. The molecule has 0 spiro atoms. The largest absolute Gasteiger partial charge is 0.377 e. The summed E-state index contributed by atoms with van der Waals surface area (Å²) in [5.74, 6) is 0.677. The molecule has 0 radical (unpaired) electrons. The molecule has 2 unspecified atom stereocenters. The highest BCUT2D eigenvalue weighted by molar-refractivity contribution is 4.71. The maximum absolute atomic E-state index is 6.02. The molecule has 0 aromatic heterocycles. The molecule has 0 saturated heterocycles. The fourth-order valence-corrected chi connectivity index (χ4v) is 2.03. The quantitative estimate of drug-likeness (QED) is 0.738. The molecule has 0 aliphatic rings. The number of ether oxygens (including phenoxy) is 1. The average Bonchev–Trinajstić information content (AvgIpc) is 1.96. The van der Waals surface area contributed by atoms with Gasteiger partial charge in [-0.25, -0.2) is 0 Å². The summed E-state index contributed by atoms with van der Waals surface area (Å²) in [6.45, 7) is 13.9. The SMILES string of the molecule is CC(CC(N)COC(C)C)CC(C)(C)C. The molecule has 2 heteroatoms. The van der Waals surface area contributed by atoms with Crippen molar-refractivity contribution in [2.45, 2.75) is 66.5 Å². The number of nitrogens with two attached hydrogens (primary N) is 1. The molecule has 0 fully saturated rings. The standard InChI is InChI=1S/C13H29NO/c1-10(2)15-9-12(14)7-11(3)8-13(4,5)6/h10-12H,7-9,14H2,1-6H3. The van der Waals surface area contributed by atoms with Crippen LogP contribution in [-0.4, -0.2) is 18.8 Å². The van der Waals surface area contributed by atoms with Crippen molar-refractivity contribution < 1.29 is 4.74 Å². The summed E-state index contributed by atoms with van der Waals surface area (Å²) in [6, 6.07) is 0.185. The van der Waals surface area contributed by atoms with E-state index in [1.54, 1.807) is 0 Å². The van der Waals surface area contributed by atoms with Crippen LogP contribution in [0.3, 0.4) is 0 Å². The molecule has 2 nitrogen and oxygen atoms in total. The third-order valence-electron chi connectivity index (χ3n) is 2.31. The lowest BCUT2D eigenvalue weighted by atomic mass is 9.83. The Labute approximate surface area is 95.6 Å². The Balaban J connectivity index is 3.71. The van der Waals surface area contributed by atoms with Crippen LogP contribution in [0.2, 0.25) is 0 Å². The van der Waals surface area contributed by atoms with E-state index in [1.165, 1.54) is 6.42 Å². The Bertz CT molecular complexity index is 160. The molecule has 0 aromatic carbocycles. The minimum Gasteiger partial charge on any atom is -0.377 e. The van der Waals surface area contributed by atoms with Crippen LogP contribution in [0.1, 0.15) is 54.4 Å². The first-order valence-electron chi connectivity index (χ1n) is 6.08. The van der Waals surface area contributed by atoms with Gasteiger partial charge in [0, 0.05) is 6.04 Å². The van der Waals surface area contributed by atoms with Crippen LogP contribution in [0.5, 0.6) is 0 Å². The van der Waals surface area contributed by atoms with Crippen molar-refractivity contribution in [3.05, 3.63) is 0 Å². The highest BCUT2D eigenvalue weighted by Gasteiger charge is 2.17.